The minimum atomic E-state index is -3.63. The average Bonchev–Trinajstić information content (AvgIpc) is 3.10. The Morgan fingerprint density at radius 3 is 2.54 bits per heavy atom. The Kier molecular flexibility index (Phi) is 5.48. The van der Waals surface area contributed by atoms with Crippen LogP contribution in [0.3, 0.4) is 0 Å². The molecule has 0 bridgehead atoms. The highest BCUT2D eigenvalue weighted by Crippen LogP contribution is 2.20. The largest absolute Gasteiger partial charge is 0.450 e. The van der Waals surface area contributed by atoms with Gasteiger partial charge in [0.15, 0.2) is 6.61 Å². The maximum Gasteiger partial charge on any atom is 0.374 e. The first-order valence-corrected chi connectivity index (χ1v) is 9.69. The highest BCUT2D eigenvalue weighted by Gasteiger charge is 2.18. The molecule has 1 aromatic heterocycles. The van der Waals surface area contributed by atoms with Crippen molar-refractivity contribution in [1.82, 2.24) is 4.31 Å². The van der Waals surface area contributed by atoms with Crippen LogP contribution in [-0.4, -0.2) is 45.3 Å². The molecule has 9 heteroatoms. The molecular weight excluding hydrogens is 384 g/mol. The molecule has 146 valence electrons. The van der Waals surface area contributed by atoms with Crippen LogP contribution in [0.4, 0.5) is 5.69 Å². The van der Waals surface area contributed by atoms with Crippen molar-refractivity contribution in [2.24, 2.45) is 0 Å². The van der Waals surface area contributed by atoms with E-state index in [2.05, 4.69) is 5.32 Å². The Hall–Kier alpha value is -3.17. The van der Waals surface area contributed by atoms with Crippen molar-refractivity contribution in [3.05, 3.63) is 60.4 Å². The summed E-state index contributed by atoms with van der Waals surface area (Å²) in [6.07, 6.45) is 0. The Labute approximate surface area is 161 Å². The third-order valence-corrected chi connectivity index (χ3v) is 5.67. The summed E-state index contributed by atoms with van der Waals surface area (Å²) >= 11 is 0. The van der Waals surface area contributed by atoms with Crippen molar-refractivity contribution in [2.45, 2.75) is 4.90 Å². The van der Waals surface area contributed by atoms with Crippen molar-refractivity contribution in [3.8, 4) is 0 Å². The molecule has 28 heavy (non-hydrogen) atoms. The van der Waals surface area contributed by atoms with Crippen molar-refractivity contribution in [2.75, 3.05) is 26.0 Å². The molecule has 3 aromatic rings. The topological polar surface area (TPSA) is 106 Å². The molecule has 0 unspecified atom stereocenters. The first-order chi connectivity index (χ1) is 13.3. The highest BCUT2D eigenvalue weighted by atomic mass is 32.2. The van der Waals surface area contributed by atoms with Gasteiger partial charge in [-0.2, -0.15) is 0 Å². The molecule has 0 aliphatic heterocycles. The summed E-state index contributed by atoms with van der Waals surface area (Å²) in [5.41, 5.74) is 0.811. The lowest BCUT2D eigenvalue weighted by atomic mass is 10.2. The van der Waals surface area contributed by atoms with Crippen LogP contribution in [-0.2, 0) is 19.6 Å². The lowest BCUT2D eigenvalue weighted by Crippen LogP contribution is -2.23. The number of carbonyl (C=O) groups is 2. The van der Waals surface area contributed by atoms with Gasteiger partial charge in [0.05, 0.1) is 4.90 Å². The molecule has 0 aliphatic carbocycles. The lowest BCUT2D eigenvalue weighted by Gasteiger charge is -2.12. The quantitative estimate of drug-likeness (QED) is 0.635. The number of amides is 1. The summed E-state index contributed by atoms with van der Waals surface area (Å²) in [5, 5.41) is 3.24. The Bertz CT molecular complexity index is 1100. The van der Waals surface area contributed by atoms with Gasteiger partial charge in [0.1, 0.15) is 5.58 Å². The Balaban J connectivity index is 1.62. The number of hydrogen-bond acceptors (Lipinski definition) is 6. The molecule has 0 saturated carbocycles. The first kappa shape index (κ1) is 19.6. The highest BCUT2D eigenvalue weighted by molar-refractivity contribution is 7.89. The number of carbonyl (C=O) groups excluding carboxylic acids is 2. The fourth-order valence-electron chi connectivity index (χ4n) is 2.43. The third-order valence-electron chi connectivity index (χ3n) is 3.86. The van der Waals surface area contributed by atoms with E-state index in [1.165, 1.54) is 44.4 Å². The maximum absolute atomic E-state index is 12.1. The summed E-state index contributed by atoms with van der Waals surface area (Å²) in [4.78, 5) is 24.1. The molecule has 3 rings (SSSR count). The number of furan rings is 1. The fraction of sp³-hybridized carbons (Fsp3) is 0.158. The van der Waals surface area contributed by atoms with E-state index >= 15 is 0 Å². The van der Waals surface area contributed by atoms with Crippen LogP contribution in [0.15, 0.2) is 63.9 Å². The Morgan fingerprint density at radius 2 is 1.82 bits per heavy atom. The number of sulfonamides is 1. The molecule has 0 fully saturated rings. The van der Waals surface area contributed by atoms with Gasteiger partial charge in [0.25, 0.3) is 5.91 Å². The zero-order valence-electron chi connectivity index (χ0n) is 15.2. The smallest absolute Gasteiger partial charge is 0.374 e. The van der Waals surface area contributed by atoms with E-state index in [1.807, 2.05) is 6.07 Å². The minimum Gasteiger partial charge on any atom is -0.450 e. The number of esters is 1. The molecule has 8 nitrogen and oxygen atoms in total. The molecule has 1 N–H and O–H groups in total. The summed E-state index contributed by atoms with van der Waals surface area (Å²) in [6.45, 7) is -0.541. The predicted molar refractivity (Wildman–Crippen MR) is 102 cm³/mol. The summed E-state index contributed by atoms with van der Waals surface area (Å²) in [5.74, 6) is -1.38. The molecule has 0 atom stereocenters. The summed E-state index contributed by atoms with van der Waals surface area (Å²) < 4.78 is 35.7. The van der Waals surface area contributed by atoms with Gasteiger partial charge in [-0.3, -0.25) is 4.79 Å². The molecule has 0 spiro atoms. The van der Waals surface area contributed by atoms with E-state index in [9.17, 15) is 18.0 Å². The number of anilines is 1. The minimum absolute atomic E-state index is 0.00641. The van der Waals surface area contributed by atoms with E-state index in [0.717, 1.165) is 9.69 Å². The van der Waals surface area contributed by atoms with E-state index in [4.69, 9.17) is 9.15 Å². The van der Waals surface area contributed by atoms with Crippen molar-refractivity contribution >= 4 is 38.6 Å². The summed E-state index contributed by atoms with van der Waals surface area (Å²) in [6, 6.07) is 14.4. The summed E-state index contributed by atoms with van der Waals surface area (Å²) in [7, 11) is -0.796. The zero-order chi connectivity index (χ0) is 20.3. The number of nitrogens with one attached hydrogen (secondary N) is 1. The SMILES string of the molecule is CN(C)S(=O)(=O)c1cccc(NC(=O)COC(=O)c2cc3ccccc3o2)c1. The lowest BCUT2D eigenvalue weighted by molar-refractivity contribution is -0.119. The second kappa shape index (κ2) is 7.83. The van der Waals surface area contributed by atoms with Gasteiger partial charge in [-0.1, -0.05) is 24.3 Å². The third kappa shape index (κ3) is 4.21. The van der Waals surface area contributed by atoms with Gasteiger partial charge in [-0.25, -0.2) is 17.5 Å². The molecule has 0 saturated heterocycles. The molecule has 0 aliphatic rings. The molecule has 2 aromatic carbocycles. The van der Waals surface area contributed by atoms with E-state index in [-0.39, 0.29) is 16.3 Å². The van der Waals surface area contributed by atoms with Gasteiger partial charge >= 0.3 is 5.97 Å². The monoisotopic (exact) mass is 402 g/mol. The van der Waals surface area contributed by atoms with Crippen LogP contribution < -0.4 is 5.32 Å². The van der Waals surface area contributed by atoms with Gasteiger partial charge in [0, 0.05) is 25.2 Å². The Morgan fingerprint density at radius 1 is 1.07 bits per heavy atom. The maximum atomic E-state index is 12.1. The van der Waals surface area contributed by atoms with Crippen LogP contribution in [0.25, 0.3) is 11.0 Å². The molecule has 0 radical (unpaired) electrons. The van der Waals surface area contributed by atoms with Crippen LogP contribution in [0.5, 0.6) is 0 Å². The molecular formula is C19H18N2O6S. The molecule has 1 heterocycles. The number of nitrogens with zero attached hydrogens (tertiary/aromatic N) is 1. The number of para-hydroxylation sites is 1. The van der Waals surface area contributed by atoms with E-state index in [0.29, 0.717) is 5.58 Å². The molecule has 1 amide bonds. The van der Waals surface area contributed by atoms with Crippen LogP contribution in [0.2, 0.25) is 0 Å². The first-order valence-electron chi connectivity index (χ1n) is 8.25. The number of benzene rings is 2. The zero-order valence-corrected chi connectivity index (χ0v) is 16.0. The van der Waals surface area contributed by atoms with Crippen molar-refractivity contribution in [1.29, 1.82) is 0 Å². The van der Waals surface area contributed by atoms with Crippen molar-refractivity contribution in [3.63, 3.8) is 0 Å². The predicted octanol–water partition coefficient (Wildman–Crippen LogP) is 2.48. The average molecular weight is 402 g/mol. The number of hydrogen-bond donors (Lipinski definition) is 1. The van der Waals surface area contributed by atoms with Crippen LogP contribution in [0, 0.1) is 0 Å². The fourth-order valence-corrected chi connectivity index (χ4v) is 3.37. The van der Waals surface area contributed by atoms with Gasteiger partial charge in [-0.15, -0.1) is 0 Å². The standard InChI is InChI=1S/C19H18N2O6S/c1-21(2)28(24,25)15-8-5-7-14(11-15)20-18(22)12-26-19(23)17-10-13-6-3-4-9-16(13)27-17/h3-11H,12H2,1-2H3,(H,20,22). The van der Waals surface area contributed by atoms with Gasteiger partial charge in [0.2, 0.25) is 15.8 Å². The second-order valence-corrected chi connectivity index (χ2v) is 8.24. The van der Waals surface area contributed by atoms with Gasteiger partial charge < -0.3 is 14.5 Å². The van der Waals surface area contributed by atoms with Crippen molar-refractivity contribution < 1.29 is 27.2 Å². The number of fused-ring (bicyclic) bond motifs is 1. The van der Waals surface area contributed by atoms with Crippen LogP contribution >= 0.6 is 0 Å². The number of ether oxygens (including phenoxy) is 1. The van der Waals surface area contributed by atoms with Crippen LogP contribution in [0.1, 0.15) is 10.6 Å². The normalized spacial score (nSPS) is 11.5. The second-order valence-electron chi connectivity index (χ2n) is 6.09. The van der Waals surface area contributed by atoms with Gasteiger partial charge in [-0.05, 0) is 30.3 Å². The van der Waals surface area contributed by atoms with E-state index < -0.39 is 28.5 Å². The van der Waals surface area contributed by atoms with E-state index in [1.54, 1.807) is 18.2 Å². The number of rotatable bonds is 6.